The molecule has 1 aromatic rings. The van der Waals surface area contributed by atoms with E-state index in [-0.39, 0.29) is 6.04 Å². The van der Waals surface area contributed by atoms with Crippen LogP contribution in [0.25, 0.3) is 0 Å². The lowest BCUT2D eigenvalue weighted by Crippen LogP contribution is -2.18. The summed E-state index contributed by atoms with van der Waals surface area (Å²) in [4.78, 5) is 1.87. The third-order valence-electron chi connectivity index (χ3n) is 2.13. The van der Waals surface area contributed by atoms with Crippen molar-refractivity contribution in [3.63, 3.8) is 0 Å². The van der Waals surface area contributed by atoms with Crippen LogP contribution in [0.5, 0.6) is 5.75 Å². The first-order chi connectivity index (χ1) is 7.10. The number of methoxy groups -OCH3 is 1. The molecule has 0 aliphatic rings. The van der Waals surface area contributed by atoms with E-state index in [0.29, 0.717) is 0 Å². The predicted octanol–water partition coefficient (Wildman–Crippen LogP) is 2.58. The minimum atomic E-state index is -0.229. The van der Waals surface area contributed by atoms with Crippen LogP contribution in [0, 0.1) is 11.3 Å². The van der Waals surface area contributed by atoms with Crippen LogP contribution in [-0.2, 0) is 0 Å². The third-order valence-corrected chi connectivity index (χ3v) is 2.75. The van der Waals surface area contributed by atoms with Crippen LogP contribution in [0.2, 0.25) is 0 Å². The Hall–Kier alpha value is -1.05. The van der Waals surface area contributed by atoms with E-state index in [1.807, 2.05) is 37.2 Å². The molecule has 0 spiro atoms. The van der Waals surface area contributed by atoms with Crippen LogP contribution in [0.15, 0.2) is 22.7 Å². The van der Waals surface area contributed by atoms with Crippen molar-refractivity contribution in [1.29, 1.82) is 5.26 Å². The molecule has 15 heavy (non-hydrogen) atoms. The number of ether oxygens (including phenoxy) is 1. The largest absolute Gasteiger partial charge is 0.496 e. The SMILES string of the molecule is COc1ccc(C(C#N)N(C)C)cc1Br. The summed E-state index contributed by atoms with van der Waals surface area (Å²) in [5, 5.41) is 9.03. The highest BCUT2D eigenvalue weighted by Gasteiger charge is 2.14. The summed E-state index contributed by atoms with van der Waals surface area (Å²) in [6, 6.07) is 7.68. The molecule has 0 aliphatic carbocycles. The van der Waals surface area contributed by atoms with Crippen LogP contribution in [0.1, 0.15) is 11.6 Å². The van der Waals surface area contributed by atoms with Gasteiger partial charge < -0.3 is 4.74 Å². The summed E-state index contributed by atoms with van der Waals surface area (Å²) in [7, 11) is 5.38. The minimum Gasteiger partial charge on any atom is -0.496 e. The molecule has 0 saturated carbocycles. The molecule has 1 rings (SSSR count). The molecule has 0 aromatic heterocycles. The van der Waals surface area contributed by atoms with Crippen LogP contribution in [-0.4, -0.2) is 26.1 Å². The van der Waals surface area contributed by atoms with Crippen LogP contribution in [0.4, 0.5) is 0 Å². The summed E-state index contributed by atoms with van der Waals surface area (Å²) in [6.45, 7) is 0. The smallest absolute Gasteiger partial charge is 0.133 e. The number of nitrogens with zero attached hydrogens (tertiary/aromatic N) is 2. The standard InChI is InChI=1S/C11H13BrN2O/c1-14(2)10(7-13)8-4-5-11(15-3)9(12)6-8/h4-6,10H,1-3H3. The second-order valence-corrected chi connectivity index (χ2v) is 4.24. The van der Waals surface area contributed by atoms with Gasteiger partial charge in [0.2, 0.25) is 0 Å². The fourth-order valence-corrected chi connectivity index (χ4v) is 1.90. The van der Waals surface area contributed by atoms with E-state index in [1.165, 1.54) is 0 Å². The van der Waals surface area contributed by atoms with Gasteiger partial charge in [0, 0.05) is 0 Å². The van der Waals surface area contributed by atoms with Gasteiger partial charge in [-0.2, -0.15) is 5.26 Å². The van der Waals surface area contributed by atoms with E-state index in [9.17, 15) is 0 Å². The van der Waals surface area contributed by atoms with Gasteiger partial charge in [-0.05, 0) is 47.7 Å². The highest BCUT2D eigenvalue weighted by molar-refractivity contribution is 9.10. The second kappa shape index (κ2) is 5.15. The summed E-state index contributed by atoms with van der Waals surface area (Å²) in [5.41, 5.74) is 0.954. The maximum atomic E-state index is 9.03. The van der Waals surface area contributed by atoms with E-state index in [1.54, 1.807) is 7.11 Å². The Bertz CT molecular complexity index is 385. The van der Waals surface area contributed by atoms with Crippen LogP contribution >= 0.6 is 15.9 Å². The Morgan fingerprint density at radius 1 is 1.47 bits per heavy atom. The van der Waals surface area contributed by atoms with Gasteiger partial charge in [-0.25, -0.2) is 0 Å². The highest BCUT2D eigenvalue weighted by atomic mass is 79.9. The zero-order valence-electron chi connectivity index (χ0n) is 8.99. The average molecular weight is 269 g/mol. The first-order valence-electron chi connectivity index (χ1n) is 4.49. The quantitative estimate of drug-likeness (QED) is 0.846. The van der Waals surface area contributed by atoms with E-state index < -0.39 is 0 Å². The van der Waals surface area contributed by atoms with Crippen molar-refractivity contribution in [2.24, 2.45) is 0 Å². The van der Waals surface area contributed by atoms with E-state index in [2.05, 4.69) is 22.0 Å². The monoisotopic (exact) mass is 268 g/mol. The van der Waals surface area contributed by atoms with Crippen molar-refractivity contribution in [2.45, 2.75) is 6.04 Å². The van der Waals surface area contributed by atoms with E-state index in [4.69, 9.17) is 10.00 Å². The van der Waals surface area contributed by atoms with E-state index in [0.717, 1.165) is 15.8 Å². The fourth-order valence-electron chi connectivity index (χ4n) is 1.34. The zero-order valence-corrected chi connectivity index (χ0v) is 10.6. The molecule has 1 unspecified atom stereocenters. The van der Waals surface area contributed by atoms with Crippen molar-refractivity contribution in [2.75, 3.05) is 21.2 Å². The molecule has 0 radical (unpaired) electrons. The molecule has 0 heterocycles. The molecular weight excluding hydrogens is 256 g/mol. The first-order valence-corrected chi connectivity index (χ1v) is 5.29. The van der Waals surface area contributed by atoms with Gasteiger partial charge in [0.1, 0.15) is 11.8 Å². The molecule has 0 aliphatic heterocycles. The normalized spacial score (nSPS) is 12.3. The molecule has 0 bridgehead atoms. The van der Waals surface area contributed by atoms with Crippen molar-refractivity contribution in [1.82, 2.24) is 4.90 Å². The van der Waals surface area contributed by atoms with Crippen LogP contribution in [0.3, 0.4) is 0 Å². The van der Waals surface area contributed by atoms with Crippen LogP contribution < -0.4 is 4.74 Å². The number of hydrogen-bond acceptors (Lipinski definition) is 3. The van der Waals surface area contributed by atoms with Gasteiger partial charge in [-0.1, -0.05) is 6.07 Å². The van der Waals surface area contributed by atoms with Crippen molar-refractivity contribution in [3.05, 3.63) is 28.2 Å². The number of rotatable bonds is 3. The molecule has 0 saturated heterocycles. The minimum absolute atomic E-state index is 0.229. The summed E-state index contributed by atoms with van der Waals surface area (Å²) in [6.07, 6.45) is 0. The molecule has 1 atom stereocenters. The van der Waals surface area contributed by atoms with Gasteiger partial charge in [0.05, 0.1) is 17.7 Å². The lowest BCUT2D eigenvalue weighted by molar-refractivity contribution is 0.357. The molecule has 0 N–H and O–H groups in total. The Balaban J connectivity index is 3.07. The summed E-state index contributed by atoms with van der Waals surface area (Å²) >= 11 is 3.40. The Morgan fingerprint density at radius 3 is 2.53 bits per heavy atom. The maximum Gasteiger partial charge on any atom is 0.133 e. The van der Waals surface area contributed by atoms with Gasteiger partial charge in [-0.3, -0.25) is 4.90 Å². The second-order valence-electron chi connectivity index (χ2n) is 3.39. The Kier molecular flexibility index (Phi) is 4.13. The molecule has 0 amide bonds. The predicted molar refractivity (Wildman–Crippen MR) is 62.7 cm³/mol. The van der Waals surface area contributed by atoms with Crippen molar-refractivity contribution >= 4 is 15.9 Å². The lowest BCUT2D eigenvalue weighted by Gasteiger charge is -2.18. The Morgan fingerprint density at radius 2 is 2.13 bits per heavy atom. The van der Waals surface area contributed by atoms with Crippen molar-refractivity contribution in [3.8, 4) is 11.8 Å². The molecule has 3 nitrogen and oxygen atoms in total. The van der Waals surface area contributed by atoms with Gasteiger partial charge in [0.25, 0.3) is 0 Å². The number of hydrogen-bond donors (Lipinski definition) is 0. The molecule has 80 valence electrons. The molecule has 1 aromatic carbocycles. The molecular formula is C11H13BrN2O. The van der Waals surface area contributed by atoms with Gasteiger partial charge >= 0.3 is 0 Å². The maximum absolute atomic E-state index is 9.03. The average Bonchev–Trinajstić information content (AvgIpc) is 2.18. The van der Waals surface area contributed by atoms with Gasteiger partial charge in [0.15, 0.2) is 0 Å². The topological polar surface area (TPSA) is 36.3 Å². The molecule has 4 heteroatoms. The van der Waals surface area contributed by atoms with E-state index >= 15 is 0 Å². The summed E-state index contributed by atoms with van der Waals surface area (Å²) in [5.74, 6) is 0.772. The van der Waals surface area contributed by atoms with Gasteiger partial charge in [-0.15, -0.1) is 0 Å². The molecule has 0 fully saturated rings. The Labute approximate surface area is 98.4 Å². The zero-order chi connectivity index (χ0) is 11.4. The highest BCUT2D eigenvalue weighted by Crippen LogP contribution is 2.29. The number of halogens is 1. The fraction of sp³-hybridized carbons (Fsp3) is 0.364. The lowest BCUT2D eigenvalue weighted by atomic mass is 10.1. The summed E-state index contributed by atoms with van der Waals surface area (Å²) < 4.78 is 6.00. The number of nitriles is 1. The number of benzene rings is 1. The van der Waals surface area contributed by atoms with Crippen molar-refractivity contribution < 1.29 is 4.74 Å². The first kappa shape index (κ1) is 12.0. The third kappa shape index (κ3) is 2.71.